The lowest BCUT2D eigenvalue weighted by atomic mass is 10.1. The molecule has 0 aromatic heterocycles. The Hall–Kier alpha value is -2.98. The van der Waals surface area contributed by atoms with Crippen LogP contribution in [0.2, 0.25) is 0 Å². The summed E-state index contributed by atoms with van der Waals surface area (Å²) in [7, 11) is 0. The van der Waals surface area contributed by atoms with Crippen LogP contribution in [0.25, 0.3) is 0 Å². The maximum atomic E-state index is 13.7. The molecule has 3 rings (SSSR count). The fourth-order valence-corrected chi connectivity index (χ4v) is 2.64. The summed E-state index contributed by atoms with van der Waals surface area (Å²) in [6.45, 7) is 1.29. The van der Waals surface area contributed by atoms with E-state index in [2.05, 4.69) is 5.32 Å². The standard InChI is InChI=1S/C22H20FNO2/c23-21-13-7-6-12-20(21)22(25)24-14-18-10-4-5-11-19(18)16-26-15-17-8-2-1-3-9-17/h1-13H,14-16H2,(H,24,25). The van der Waals surface area contributed by atoms with Gasteiger partial charge in [-0.15, -0.1) is 0 Å². The Morgan fingerprint density at radius 3 is 2.23 bits per heavy atom. The second kappa shape index (κ2) is 8.92. The van der Waals surface area contributed by atoms with Crippen molar-refractivity contribution in [3.8, 4) is 0 Å². The van der Waals surface area contributed by atoms with E-state index in [4.69, 9.17) is 4.74 Å². The van der Waals surface area contributed by atoms with Gasteiger partial charge in [0.25, 0.3) is 5.91 Å². The van der Waals surface area contributed by atoms with Gasteiger partial charge in [-0.3, -0.25) is 4.79 Å². The smallest absolute Gasteiger partial charge is 0.254 e. The van der Waals surface area contributed by atoms with Crippen molar-refractivity contribution in [2.24, 2.45) is 0 Å². The summed E-state index contributed by atoms with van der Waals surface area (Å²) in [5.41, 5.74) is 3.10. The summed E-state index contributed by atoms with van der Waals surface area (Å²) in [4.78, 5) is 12.2. The lowest BCUT2D eigenvalue weighted by Gasteiger charge is -2.12. The van der Waals surface area contributed by atoms with E-state index >= 15 is 0 Å². The molecule has 4 heteroatoms. The second-order valence-corrected chi connectivity index (χ2v) is 5.91. The molecule has 0 atom stereocenters. The minimum atomic E-state index is -0.524. The van der Waals surface area contributed by atoms with Crippen molar-refractivity contribution in [3.05, 3.63) is 107 Å². The van der Waals surface area contributed by atoms with Gasteiger partial charge in [0.1, 0.15) is 5.82 Å². The number of ether oxygens (including phenoxy) is 1. The van der Waals surface area contributed by atoms with Crippen LogP contribution in [0, 0.1) is 5.82 Å². The van der Waals surface area contributed by atoms with Crippen molar-refractivity contribution in [2.45, 2.75) is 19.8 Å². The lowest BCUT2D eigenvalue weighted by Crippen LogP contribution is -2.24. The molecule has 3 aromatic carbocycles. The van der Waals surface area contributed by atoms with Crippen LogP contribution in [-0.4, -0.2) is 5.91 Å². The van der Waals surface area contributed by atoms with Crippen LogP contribution >= 0.6 is 0 Å². The zero-order valence-electron chi connectivity index (χ0n) is 14.3. The van der Waals surface area contributed by atoms with Gasteiger partial charge < -0.3 is 10.1 Å². The van der Waals surface area contributed by atoms with E-state index in [1.54, 1.807) is 12.1 Å². The number of carbonyl (C=O) groups excluding carboxylic acids is 1. The van der Waals surface area contributed by atoms with Gasteiger partial charge in [0.05, 0.1) is 18.8 Å². The molecule has 0 radical (unpaired) electrons. The third kappa shape index (κ3) is 4.77. The van der Waals surface area contributed by atoms with Gasteiger partial charge in [-0.05, 0) is 28.8 Å². The highest BCUT2D eigenvalue weighted by Crippen LogP contribution is 2.13. The van der Waals surface area contributed by atoms with Crippen LogP contribution in [0.15, 0.2) is 78.9 Å². The van der Waals surface area contributed by atoms with E-state index < -0.39 is 11.7 Å². The molecule has 0 spiro atoms. The molecule has 0 bridgehead atoms. The summed E-state index contributed by atoms with van der Waals surface area (Å²) < 4.78 is 19.5. The van der Waals surface area contributed by atoms with Crippen molar-refractivity contribution >= 4 is 5.91 Å². The average molecular weight is 349 g/mol. The zero-order valence-corrected chi connectivity index (χ0v) is 14.3. The van der Waals surface area contributed by atoms with Crippen LogP contribution in [0.5, 0.6) is 0 Å². The van der Waals surface area contributed by atoms with E-state index in [-0.39, 0.29) is 5.56 Å². The first-order valence-corrected chi connectivity index (χ1v) is 8.45. The summed E-state index contributed by atoms with van der Waals surface area (Å²) in [5, 5.41) is 2.77. The molecule has 0 saturated heterocycles. The quantitative estimate of drug-likeness (QED) is 0.683. The Kier molecular flexibility index (Phi) is 6.12. The van der Waals surface area contributed by atoms with Crippen molar-refractivity contribution < 1.29 is 13.9 Å². The van der Waals surface area contributed by atoms with E-state index in [0.717, 1.165) is 16.7 Å². The molecule has 0 saturated carbocycles. The molecule has 0 aliphatic rings. The monoisotopic (exact) mass is 349 g/mol. The number of hydrogen-bond donors (Lipinski definition) is 1. The maximum Gasteiger partial charge on any atom is 0.254 e. The fourth-order valence-electron chi connectivity index (χ4n) is 2.64. The van der Waals surface area contributed by atoms with E-state index in [9.17, 15) is 9.18 Å². The molecule has 0 aliphatic carbocycles. The number of halogens is 1. The van der Waals surface area contributed by atoms with E-state index in [0.29, 0.717) is 19.8 Å². The largest absolute Gasteiger partial charge is 0.372 e. The molecular formula is C22H20FNO2. The number of amides is 1. The molecule has 1 amide bonds. The van der Waals surface area contributed by atoms with Gasteiger partial charge in [0.15, 0.2) is 0 Å². The van der Waals surface area contributed by atoms with Gasteiger partial charge in [0, 0.05) is 6.54 Å². The second-order valence-electron chi connectivity index (χ2n) is 5.91. The third-order valence-electron chi connectivity index (χ3n) is 4.05. The number of carbonyl (C=O) groups is 1. The van der Waals surface area contributed by atoms with Crippen molar-refractivity contribution in [1.82, 2.24) is 5.32 Å². The van der Waals surface area contributed by atoms with Gasteiger partial charge in [0.2, 0.25) is 0 Å². The van der Waals surface area contributed by atoms with E-state index in [1.807, 2.05) is 54.6 Å². The highest BCUT2D eigenvalue weighted by molar-refractivity contribution is 5.94. The number of nitrogens with one attached hydrogen (secondary N) is 1. The molecule has 0 aliphatic heterocycles. The molecule has 0 unspecified atom stereocenters. The molecule has 0 fully saturated rings. The first-order valence-electron chi connectivity index (χ1n) is 8.45. The molecule has 3 aromatic rings. The summed E-state index contributed by atoms with van der Waals surface area (Å²) in [6.07, 6.45) is 0. The Bertz CT molecular complexity index is 865. The van der Waals surface area contributed by atoms with Gasteiger partial charge in [-0.25, -0.2) is 4.39 Å². The average Bonchev–Trinajstić information content (AvgIpc) is 2.68. The van der Waals surface area contributed by atoms with Gasteiger partial charge in [-0.1, -0.05) is 66.7 Å². The maximum absolute atomic E-state index is 13.7. The van der Waals surface area contributed by atoms with Gasteiger partial charge in [-0.2, -0.15) is 0 Å². The zero-order chi connectivity index (χ0) is 18.2. The van der Waals surface area contributed by atoms with Crippen LogP contribution < -0.4 is 5.32 Å². The van der Waals surface area contributed by atoms with Gasteiger partial charge >= 0.3 is 0 Å². The lowest BCUT2D eigenvalue weighted by molar-refractivity contribution is 0.0943. The third-order valence-corrected chi connectivity index (χ3v) is 4.05. The van der Waals surface area contributed by atoms with Crippen molar-refractivity contribution in [2.75, 3.05) is 0 Å². The highest BCUT2D eigenvalue weighted by atomic mass is 19.1. The Balaban J connectivity index is 1.58. The Morgan fingerprint density at radius 1 is 0.808 bits per heavy atom. The minimum absolute atomic E-state index is 0.0466. The van der Waals surface area contributed by atoms with Crippen molar-refractivity contribution in [1.29, 1.82) is 0 Å². The van der Waals surface area contributed by atoms with Crippen LogP contribution in [0.3, 0.4) is 0 Å². The Labute approximate surface area is 152 Å². The summed E-state index contributed by atoms with van der Waals surface area (Å²) in [6, 6.07) is 23.6. The molecule has 1 N–H and O–H groups in total. The van der Waals surface area contributed by atoms with Crippen LogP contribution in [0.4, 0.5) is 4.39 Å². The SMILES string of the molecule is O=C(NCc1ccccc1COCc1ccccc1)c1ccccc1F. The van der Waals surface area contributed by atoms with Crippen molar-refractivity contribution in [3.63, 3.8) is 0 Å². The first-order chi connectivity index (χ1) is 12.7. The molecule has 132 valence electrons. The number of hydrogen-bond acceptors (Lipinski definition) is 2. The normalized spacial score (nSPS) is 10.5. The number of rotatable bonds is 7. The fraction of sp³-hybridized carbons (Fsp3) is 0.136. The first kappa shape index (κ1) is 17.8. The van der Waals surface area contributed by atoms with E-state index in [1.165, 1.54) is 12.1 Å². The minimum Gasteiger partial charge on any atom is -0.372 e. The molecule has 26 heavy (non-hydrogen) atoms. The predicted octanol–water partition coefficient (Wildman–Crippen LogP) is 4.47. The molecule has 3 nitrogen and oxygen atoms in total. The summed E-state index contributed by atoms with van der Waals surface area (Å²) in [5.74, 6) is -0.951. The predicted molar refractivity (Wildman–Crippen MR) is 98.9 cm³/mol. The highest BCUT2D eigenvalue weighted by Gasteiger charge is 2.11. The molecule has 0 heterocycles. The van der Waals surface area contributed by atoms with Crippen LogP contribution in [0.1, 0.15) is 27.0 Å². The Morgan fingerprint density at radius 2 is 1.46 bits per heavy atom. The molecular weight excluding hydrogens is 329 g/mol. The van der Waals surface area contributed by atoms with Crippen LogP contribution in [-0.2, 0) is 24.5 Å². The summed E-state index contributed by atoms with van der Waals surface area (Å²) >= 11 is 0. The number of benzene rings is 3. The topological polar surface area (TPSA) is 38.3 Å².